The van der Waals surface area contributed by atoms with Gasteiger partial charge in [-0.1, -0.05) is 42.5 Å². The van der Waals surface area contributed by atoms with Crippen molar-refractivity contribution in [2.45, 2.75) is 20.1 Å². The predicted molar refractivity (Wildman–Crippen MR) is 137 cm³/mol. The Morgan fingerprint density at radius 3 is 2.17 bits per heavy atom. The number of nitrogens with one attached hydrogen (secondary N) is 1. The molecule has 0 bridgehead atoms. The van der Waals surface area contributed by atoms with E-state index in [0.29, 0.717) is 33.8 Å². The highest BCUT2D eigenvalue weighted by Gasteiger charge is 2.24. The van der Waals surface area contributed by atoms with Crippen molar-refractivity contribution in [1.29, 1.82) is 0 Å². The normalized spacial score (nSPS) is 11.0. The molecule has 7 heteroatoms. The van der Waals surface area contributed by atoms with Gasteiger partial charge in [0.1, 0.15) is 22.8 Å². The number of carbonyl (C=O) groups excluding carboxylic acids is 1. The molecule has 0 aliphatic heterocycles. The first kappa shape index (κ1) is 23.0. The molecule has 1 amide bonds. The zero-order chi connectivity index (χ0) is 25.1. The van der Waals surface area contributed by atoms with Gasteiger partial charge in [0.2, 0.25) is 5.89 Å². The van der Waals surface area contributed by atoms with Gasteiger partial charge in [0, 0.05) is 5.69 Å². The van der Waals surface area contributed by atoms with Crippen molar-refractivity contribution < 1.29 is 23.8 Å². The lowest BCUT2D eigenvalue weighted by Gasteiger charge is -2.20. The first-order valence-electron chi connectivity index (χ1n) is 11.4. The predicted octanol–water partition coefficient (Wildman–Crippen LogP) is 6.24. The van der Waals surface area contributed by atoms with Gasteiger partial charge < -0.3 is 24.3 Å². The summed E-state index contributed by atoms with van der Waals surface area (Å²) in [6, 6.07) is 26.5. The highest BCUT2D eigenvalue weighted by atomic mass is 16.7. The summed E-state index contributed by atoms with van der Waals surface area (Å²) in [6.45, 7) is 3.93. The van der Waals surface area contributed by atoms with Gasteiger partial charge in [-0.25, -0.2) is 4.98 Å². The van der Waals surface area contributed by atoms with Crippen LogP contribution in [0.2, 0.25) is 0 Å². The summed E-state index contributed by atoms with van der Waals surface area (Å²) in [6.07, 6.45) is -1.26. The Morgan fingerprint density at radius 2 is 1.53 bits per heavy atom. The van der Waals surface area contributed by atoms with E-state index in [4.69, 9.17) is 13.9 Å². The molecule has 1 aromatic heterocycles. The second-order valence-corrected chi connectivity index (χ2v) is 8.36. The Bertz CT molecular complexity index is 1470. The van der Waals surface area contributed by atoms with Gasteiger partial charge in [0.05, 0.1) is 5.56 Å². The smallest absolute Gasteiger partial charge is 0.321 e. The van der Waals surface area contributed by atoms with E-state index in [-0.39, 0.29) is 11.6 Å². The molecule has 0 unspecified atom stereocenters. The minimum absolute atomic E-state index is 0.0217. The highest BCUT2D eigenvalue weighted by molar-refractivity contribution is 5.94. The van der Waals surface area contributed by atoms with Gasteiger partial charge in [-0.2, -0.15) is 0 Å². The van der Waals surface area contributed by atoms with Crippen molar-refractivity contribution in [2.24, 2.45) is 0 Å². The van der Waals surface area contributed by atoms with Crippen LogP contribution in [0.25, 0.3) is 22.6 Å². The lowest BCUT2D eigenvalue weighted by molar-refractivity contribution is -0.134. The van der Waals surface area contributed by atoms with Crippen LogP contribution in [-0.4, -0.2) is 22.3 Å². The molecule has 0 saturated carbocycles. The third-order valence-electron chi connectivity index (χ3n) is 5.50. The molecule has 0 aliphatic rings. The van der Waals surface area contributed by atoms with Crippen LogP contribution in [0.3, 0.4) is 0 Å². The van der Waals surface area contributed by atoms with E-state index in [1.54, 1.807) is 36.4 Å². The number of phenolic OH excluding ortho intramolecular Hbond substituents is 1. The van der Waals surface area contributed by atoms with E-state index < -0.39 is 12.2 Å². The number of aromatic hydroxyl groups is 1. The number of para-hydroxylation sites is 2. The Labute approximate surface area is 207 Å². The maximum atomic E-state index is 13.2. The summed E-state index contributed by atoms with van der Waals surface area (Å²) in [5, 5.41) is 13.3. The number of phenols is 1. The molecule has 0 spiro atoms. The Kier molecular flexibility index (Phi) is 6.28. The fraction of sp³-hybridized carbons (Fsp3) is 0.103. The molecular formula is C29H24N2O5. The maximum absolute atomic E-state index is 13.2. The van der Waals surface area contributed by atoms with Crippen LogP contribution in [0.4, 0.5) is 5.69 Å². The van der Waals surface area contributed by atoms with Gasteiger partial charge >= 0.3 is 12.2 Å². The van der Waals surface area contributed by atoms with Gasteiger partial charge in [-0.15, -0.1) is 0 Å². The monoisotopic (exact) mass is 480 g/mol. The lowest BCUT2D eigenvalue weighted by Crippen LogP contribution is -2.38. The number of hydrogen-bond donors (Lipinski definition) is 2. The molecule has 180 valence electrons. The van der Waals surface area contributed by atoms with Crippen LogP contribution in [0.5, 0.6) is 17.2 Å². The summed E-state index contributed by atoms with van der Waals surface area (Å²) < 4.78 is 17.6. The SMILES string of the molecule is Cc1cc(C)c2oc(-c3cc(NC(=O)C(Oc4ccccc4)Oc4ccccc4)ccc3O)nc2c1. The number of anilines is 1. The molecule has 0 aliphatic carbocycles. The van der Waals surface area contributed by atoms with Crippen LogP contribution < -0.4 is 14.8 Å². The fourth-order valence-electron chi connectivity index (χ4n) is 3.85. The molecule has 2 N–H and O–H groups in total. The van der Waals surface area contributed by atoms with Crippen molar-refractivity contribution >= 4 is 22.7 Å². The second-order valence-electron chi connectivity index (χ2n) is 8.36. The number of aryl methyl sites for hydroxylation is 2. The molecule has 5 aromatic rings. The first-order valence-corrected chi connectivity index (χ1v) is 11.4. The molecule has 7 nitrogen and oxygen atoms in total. The molecule has 4 aromatic carbocycles. The zero-order valence-corrected chi connectivity index (χ0v) is 19.8. The van der Waals surface area contributed by atoms with Gasteiger partial charge in [0.15, 0.2) is 5.58 Å². The van der Waals surface area contributed by atoms with Gasteiger partial charge in [0.25, 0.3) is 0 Å². The number of fused-ring (bicyclic) bond motifs is 1. The first-order chi connectivity index (χ1) is 17.5. The van der Waals surface area contributed by atoms with Crippen molar-refractivity contribution in [2.75, 3.05) is 5.32 Å². The van der Waals surface area contributed by atoms with Crippen molar-refractivity contribution in [1.82, 2.24) is 4.98 Å². The van der Waals surface area contributed by atoms with Crippen LogP contribution >= 0.6 is 0 Å². The number of ether oxygens (including phenoxy) is 2. The van der Waals surface area contributed by atoms with E-state index in [1.807, 2.05) is 62.4 Å². The summed E-state index contributed by atoms with van der Waals surface area (Å²) in [4.78, 5) is 17.8. The number of hydrogen-bond acceptors (Lipinski definition) is 6. The topological polar surface area (TPSA) is 93.8 Å². The summed E-state index contributed by atoms with van der Waals surface area (Å²) in [7, 11) is 0. The van der Waals surface area contributed by atoms with E-state index in [0.717, 1.165) is 11.1 Å². The Morgan fingerprint density at radius 1 is 0.889 bits per heavy atom. The third-order valence-corrected chi connectivity index (χ3v) is 5.50. The number of benzene rings is 4. The van der Waals surface area contributed by atoms with Crippen molar-refractivity contribution in [3.63, 3.8) is 0 Å². The second kappa shape index (κ2) is 9.84. The quantitative estimate of drug-likeness (QED) is 0.212. The number of oxazole rings is 1. The molecule has 5 rings (SSSR count). The minimum Gasteiger partial charge on any atom is -0.507 e. The largest absolute Gasteiger partial charge is 0.507 e. The molecule has 36 heavy (non-hydrogen) atoms. The summed E-state index contributed by atoms with van der Waals surface area (Å²) >= 11 is 0. The molecule has 0 saturated heterocycles. The van der Waals surface area contributed by atoms with Gasteiger partial charge in [-0.05, 0) is 73.5 Å². The van der Waals surface area contributed by atoms with Crippen molar-refractivity contribution in [3.8, 4) is 28.7 Å². The maximum Gasteiger partial charge on any atom is 0.321 e. The molecule has 0 radical (unpaired) electrons. The number of nitrogens with zero attached hydrogens (tertiary/aromatic N) is 1. The number of carbonyl (C=O) groups is 1. The van der Waals surface area contributed by atoms with Crippen LogP contribution in [0.1, 0.15) is 11.1 Å². The number of rotatable bonds is 7. The number of amides is 1. The fourth-order valence-corrected chi connectivity index (χ4v) is 3.85. The summed E-state index contributed by atoms with van der Waals surface area (Å²) in [5.74, 6) is 0.675. The van der Waals surface area contributed by atoms with E-state index in [9.17, 15) is 9.90 Å². The van der Waals surface area contributed by atoms with E-state index in [1.165, 1.54) is 6.07 Å². The molecule has 1 heterocycles. The highest BCUT2D eigenvalue weighted by Crippen LogP contribution is 2.34. The standard InChI is InChI=1S/C29H24N2O5/c1-18-15-19(2)26-24(16-18)31-28(36-26)23-17-20(13-14-25(23)32)30-27(33)29(34-21-9-5-3-6-10-21)35-22-11-7-4-8-12-22/h3-17,29,32H,1-2H3,(H,30,33). The Hall–Kier alpha value is -4.78. The number of aromatic nitrogens is 1. The minimum atomic E-state index is -1.26. The average Bonchev–Trinajstić information content (AvgIpc) is 3.30. The molecule has 0 atom stereocenters. The average molecular weight is 481 g/mol. The van der Waals surface area contributed by atoms with Crippen LogP contribution in [0, 0.1) is 13.8 Å². The summed E-state index contributed by atoms with van der Waals surface area (Å²) in [5.41, 5.74) is 4.13. The van der Waals surface area contributed by atoms with Crippen LogP contribution in [0.15, 0.2) is 95.4 Å². The third kappa shape index (κ3) is 5.00. The van der Waals surface area contributed by atoms with Crippen LogP contribution in [-0.2, 0) is 4.79 Å². The van der Waals surface area contributed by atoms with Gasteiger partial charge in [-0.3, -0.25) is 4.79 Å². The van der Waals surface area contributed by atoms with Crippen molar-refractivity contribution in [3.05, 3.63) is 102 Å². The lowest BCUT2D eigenvalue weighted by atomic mass is 10.1. The van der Waals surface area contributed by atoms with E-state index >= 15 is 0 Å². The molecular weight excluding hydrogens is 456 g/mol. The Balaban J connectivity index is 1.42. The van der Waals surface area contributed by atoms with E-state index in [2.05, 4.69) is 10.3 Å². The zero-order valence-electron chi connectivity index (χ0n) is 19.8. The molecule has 0 fully saturated rings.